The van der Waals surface area contributed by atoms with Gasteiger partial charge in [-0.05, 0) is 141 Å². The van der Waals surface area contributed by atoms with Crippen LogP contribution >= 0.6 is 0 Å². The summed E-state index contributed by atoms with van der Waals surface area (Å²) >= 11 is 0. The zero-order valence-electron chi connectivity index (χ0n) is 50.1. The molecule has 10 aromatic carbocycles. The monoisotopic (exact) mass is 1220 g/mol. The number of nitrogens with zero attached hydrogens (tertiary/aromatic N) is 4. The predicted molar refractivity (Wildman–Crippen MR) is 330 cm³/mol. The topological polar surface area (TPSA) is 35.2 Å². The molecular weight excluding hydrogens is 1160 g/mol. The van der Waals surface area contributed by atoms with E-state index < -0.39 is 6.04 Å². The fourth-order valence-corrected chi connectivity index (χ4v) is 11.6. The molecule has 0 unspecified atom stereocenters. The van der Waals surface area contributed by atoms with Crippen molar-refractivity contribution in [3.63, 3.8) is 0 Å². The molecule has 4 heterocycles. The maximum atomic E-state index is 9.12. The Morgan fingerprint density at radius 3 is 1.82 bits per heavy atom. The first-order chi connectivity index (χ1) is 40.5. The Hall–Kier alpha value is -8.89. The van der Waals surface area contributed by atoms with E-state index in [4.69, 9.17) is 16.6 Å². The number of benzene rings is 10. The third kappa shape index (κ3) is 8.69. The Morgan fingerprint density at radius 2 is 1.10 bits per heavy atom. The minimum absolute atomic E-state index is 0. The average molecular weight is 1220 g/mol. The Balaban J connectivity index is 0.00000672. The number of hydrogen-bond acceptors (Lipinski definition) is 3. The summed E-state index contributed by atoms with van der Waals surface area (Å²) in [6.45, 7) is 15.2. The minimum atomic E-state index is -0.424. The Kier molecular flexibility index (Phi) is 11.1. The number of rotatable bonds is 7. The summed E-state index contributed by atoms with van der Waals surface area (Å²) < 4.78 is 55.4. The molecule has 1 aliphatic rings. The van der Waals surface area contributed by atoms with E-state index in [2.05, 4.69) is 226 Å². The second kappa shape index (κ2) is 19.8. The molecule has 0 atom stereocenters. The summed E-state index contributed by atoms with van der Waals surface area (Å²) in [7, 11) is 0. The van der Waals surface area contributed by atoms with E-state index in [-0.39, 0.29) is 61.6 Å². The molecule has 1 aliphatic heterocycles. The molecule has 0 radical (unpaired) electrons. The summed E-state index contributed by atoms with van der Waals surface area (Å²) in [5.74, 6) is 1.84. The van der Waals surface area contributed by atoms with Gasteiger partial charge in [0.25, 0.3) is 0 Å². The van der Waals surface area contributed by atoms with Gasteiger partial charge in [0.1, 0.15) is 5.82 Å². The number of ether oxygens (including phenoxy) is 1. The zero-order valence-corrected chi connectivity index (χ0v) is 47.4. The van der Waals surface area contributed by atoms with Gasteiger partial charge in [-0.3, -0.25) is 0 Å². The van der Waals surface area contributed by atoms with Crippen LogP contribution in [0.25, 0.3) is 104 Å². The maximum absolute atomic E-state index is 9.12. The molecule has 0 amide bonds. The number of para-hydroxylation sites is 2. The number of aromatic nitrogens is 3. The number of pyridine rings is 1. The molecular formula is C74H57N4OPt-3. The van der Waals surface area contributed by atoms with E-state index in [1.165, 1.54) is 5.56 Å². The summed E-state index contributed by atoms with van der Waals surface area (Å²) in [4.78, 5) is 7.16. The number of fused-ring (bicyclic) bond motifs is 10. The molecule has 0 aliphatic carbocycles. The van der Waals surface area contributed by atoms with Crippen LogP contribution in [0.5, 0.6) is 11.5 Å². The van der Waals surface area contributed by atoms with E-state index in [0.717, 1.165) is 110 Å². The second-order valence-electron chi connectivity index (χ2n) is 22.5. The van der Waals surface area contributed by atoms with E-state index in [1.54, 1.807) is 0 Å². The van der Waals surface area contributed by atoms with Crippen LogP contribution in [0.1, 0.15) is 59.5 Å². The Labute approximate surface area is 489 Å². The van der Waals surface area contributed by atoms with Crippen molar-refractivity contribution in [2.45, 2.75) is 52.4 Å². The first-order valence-electron chi connectivity index (χ1n) is 29.4. The smallest absolute Gasteiger partial charge is 0.135 e. The van der Waals surface area contributed by atoms with E-state index in [0.29, 0.717) is 17.1 Å². The first-order valence-corrected chi connectivity index (χ1v) is 26.9. The quantitative estimate of drug-likeness (QED) is 0.149. The van der Waals surface area contributed by atoms with Gasteiger partial charge in [0.2, 0.25) is 0 Å². The standard InChI is InChI=1S/C74H57N4O.Pt/c1-73(2,3)52-39-40-75-69(44-52)78-66-35-19-31-57(49-23-11-8-12-24-49)70(66)65-38-37-56(46-68(65)78)79-55-26-17-25-54(45-55)76-47-77-71-58(51-41-50(48-21-9-7-10-22-48)42-53(43-51)74(4,5)6)32-18-33-63(71)61-29-15-13-27-59(61)60-28-14-16-30-62(60)64-34-20-36-67(76)72(64)77;/h7-44,47H,1-6H3;/q-3;/i7D,9D,10D,21D,22D;. The van der Waals surface area contributed by atoms with Gasteiger partial charge < -0.3 is 18.8 Å². The van der Waals surface area contributed by atoms with E-state index >= 15 is 0 Å². The molecule has 0 spiro atoms. The summed E-state index contributed by atoms with van der Waals surface area (Å²) in [5, 5.41) is 8.47. The average Bonchev–Trinajstić information content (AvgIpc) is 2.92. The fourth-order valence-electron chi connectivity index (χ4n) is 11.6. The normalized spacial score (nSPS) is 13.2. The van der Waals surface area contributed by atoms with Gasteiger partial charge in [-0.2, -0.15) is 12.1 Å². The van der Waals surface area contributed by atoms with Crippen LogP contribution in [0.15, 0.2) is 231 Å². The van der Waals surface area contributed by atoms with E-state index in [1.807, 2.05) is 48.7 Å². The number of hydrogen-bond donors (Lipinski definition) is 0. The number of anilines is 2. The summed E-state index contributed by atoms with van der Waals surface area (Å²) in [5.41, 5.74) is 11.8. The Morgan fingerprint density at radius 1 is 0.487 bits per heavy atom. The molecule has 0 saturated carbocycles. The van der Waals surface area contributed by atoms with Gasteiger partial charge in [-0.1, -0.05) is 216 Å². The van der Waals surface area contributed by atoms with Gasteiger partial charge in [0.15, 0.2) is 0 Å². The molecule has 0 saturated heterocycles. The van der Waals surface area contributed by atoms with Gasteiger partial charge in [-0.25, -0.2) is 4.98 Å². The third-order valence-electron chi connectivity index (χ3n) is 15.5. The molecule has 80 heavy (non-hydrogen) atoms. The predicted octanol–water partition coefficient (Wildman–Crippen LogP) is 19.8. The van der Waals surface area contributed by atoms with Crippen LogP contribution in [-0.2, 0) is 31.9 Å². The van der Waals surface area contributed by atoms with Crippen LogP contribution in [0, 0.1) is 18.8 Å². The van der Waals surface area contributed by atoms with Crippen molar-refractivity contribution in [1.82, 2.24) is 14.1 Å². The molecule has 13 aromatic rings. The van der Waals surface area contributed by atoms with Crippen molar-refractivity contribution in [3.05, 3.63) is 260 Å². The zero-order chi connectivity index (χ0) is 57.9. The van der Waals surface area contributed by atoms with Crippen molar-refractivity contribution in [3.8, 4) is 50.7 Å². The van der Waals surface area contributed by atoms with Crippen LogP contribution in [0.3, 0.4) is 0 Å². The first kappa shape index (κ1) is 45.0. The molecule has 0 N–H and O–H groups in total. The van der Waals surface area contributed by atoms with Crippen LogP contribution < -0.4 is 9.64 Å². The van der Waals surface area contributed by atoms with Crippen molar-refractivity contribution in [1.29, 1.82) is 0 Å². The fraction of sp³-hybridized carbons (Fsp3) is 0.108. The molecule has 0 bridgehead atoms. The van der Waals surface area contributed by atoms with Gasteiger partial charge >= 0.3 is 0 Å². The summed E-state index contributed by atoms with van der Waals surface area (Å²) in [6, 6.07) is 73.2. The van der Waals surface area contributed by atoms with Crippen molar-refractivity contribution >= 4 is 76.5 Å². The van der Waals surface area contributed by atoms with Crippen LogP contribution in [0.4, 0.5) is 11.4 Å². The van der Waals surface area contributed by atoms with Gasteiger partial charge in [0, 0.05) is 50.0 Å². The minimum Gasteiger partial charge on any atom is -0.509 e. The van der Waals surface area contributed by atoms with Crippen LogP contribution in [-0.4, -0.2) is 14.1 Å². The summed E-state index contributed by atoms with van der Waals surface area (Å²) in [6.07, 6.45) is 1.89. The molecule has 14 rings (SSSR count). The third-order valence-corrected chi connectivity index (χ3v) is 15.5. The van der Waals surface area contributed by atoms with Crippen molar-refractivity contribution in [2.24, 2.45) is 0 Å². The van der Waals surface area contributed by atoms with Gasteiger partial charge in [-0.15, -0.1) is 35.7 Å². The van der Waals surface area contributed by atoms with Crippen molar-refractivity contribution < 1.29 is 32.7 Å². The largest absolute Gasteiger partial charge is 0.509 e. The molecule has 5 nitrogen and oxygen atoms in total. The van der Waals surface area contributed by atoms with Gasteiger partial charge in [0.05, 0.1) is 6.85 Å². The molecule has 6 heteroatoms. The van der Waals surface area contributed by atoms with Crippen molar-refractivity contribution in [2.75, 3.05) is 4.90 Å². The molecule has 3 aromatic heterocycles. The second-order valence-corrected chi connectivity index (χ2v) is 22.5. The molecule has 392 valence electrons. The maximum Gasteiger partial charge on any atom is 0.135 e. The van der Waals surface area contributed by atoms with Crippen LogP contribution in [0.2, 0.25) is 0 Å². The Bertz CT molecular complexity index is 4930. The van der Waals surface area contributed by atoms with E-state index in [9.17, 15) is 0 Å². The molecule has 0 fully saturated rings. The SMILES string of the molecule is [2H]c1c([2H])c([2H])c(-c2cc(-c3cccc4c5ccccc5c5ccccc5c5cccc6c5n(c34)[CH-]N6c3[c-]c(Oc4[c-]c5c(cc4)c4c(-c6ccccc6)cccc4n5-c4cc(C(C)(C)C)ccn4)ccc3)cc(C(C)(C)C)c2)c([2H])c1[2H].[Pt].